The highest BCUT2D eigenvalue weighted by Gasteiger charge is 2.40. The van der Waals surface area contributed by atoms with Crippen molar-refractivity contribution >= 4 is 5.97 Å². The van der Waals surface area contributed by atoms with Crippen LogP contribution in [-0.4, -0.2) is 54.6 Å². The van der Waals surface area contributed by atoms with Gasteiger partial charge in [-0.25, -0.2) is 4.79 Å². The van der Waals surface area contributed by atoms with Crippen LogP contribution >= 0.6 is 0 Å². The SMILES string of the molecule is COC(=O)c1c(OC)c(OC)cc(-n2nnnc2C(F)(F)F)c1OC. The molecule has 25 heavy (non-hydrogen) atoms. The highest BCUT2D eigenvalue weighted by atomic mass is 19.4. The molecule has 0 aliphatic carbocycles. The lowest BCUT2D eigenvalue weighted by Gasteiger charge is -2.18. The molecular formula is C13H13F3N4O5. The molecule has 136 valence electrons. The molecule has 9 nitrogen and oxygen atoms in total. The van der Waals surface area contributed by atoms with Gasteiger partial charge in [0, 0.05) is 6.07 Å². The average Bonchev–Trinajstić information content (AvgIpc) is 3.08. The van der Waals surface area contributed by atoms with Crippen molar-refractivity contribution in [3.05, 3.63) is 17.5 Å². The fourth-order valence-electron chi connectivity index (χ4n) is 2.14. The van der Waals surface area contributed by atoms with Crippen molar-refractivity contribution in [3.8, 4) is 22.9 Å². The van der Waals surface area contributed by atoms with Crippen LogP contribution in [0.15, 0.2) is 6.07 Å². The second kappa shape index (κ2) is 6.83. The molecule has 0 atom stereocenters. The van der Waals surface area contributed by atoms with E-state index >= 15 is 0 Å². The molecule has 0 saturated heterocycles. The Morgan fingerprint density at radius 1 is 1.08 bits per heavy atom. The second-order valence-electron chi connectivity index (χ2n) is 4.44. The number of carbonyl (C=O) groups excluding carboxylic acids is 1. The summed E-state index contributed by atoms with van der Waals surface area (Å²) < 4.78 is 59.7. The normalized spacial score (nSPS) is 11.2. The van der Waals surface area contributed by atoms with Crippen molar-refractivity contribution in [1.82, 2.24) is 20.2 Å². The third-order valence-corrected chi connectivity index (χ3v) is 3.15. The van der Waals surface area contributed by atoms with E-state index in [9.17, 15) is 18.0 Å². The number of nitrogens with zero attached hydrogens (tertiary/aromatic N) is 4. The van der Waals surface area contributed by atoms with Gasteiger partial charge >= 0.3 is 12.1 Å². The number of esters is 1. The summed E-state index contributed by atoms with van der Waals surface area (Å²) in [6.45, 7) is 0. The summed E-state index contributed by atoms with van der Waals surface area (Å²) in [6.07, 6.45) is -4.84. The molecule has 0 aliphatic heterocycles. The van der Waals surface area contributed by atoms with Gasteiger partial charge in [0.25, 0.3) is 5.82 Å². The lowest BCUT2D eigenvalue weighted by atomic mass is 10.1. The van der Waals surface area contributed by atoms with Crippen LogP contribution in [-0.2, 0) is 10.9 Å². The molecular weight excluding hydrogens is 349 g/mol. The smallest absolute Gasteiger partial charge is 0.453 e. The number of carbonyl (C=O) groups is 1. The standard InChI is InChI=1S/C13H13F3N4O5/c1-22-7-5-6(20-12(13(14,15)16)17-18-19-20)9(23-2)8(10(7)24-3)11(21)25-4/h5H,1-4H3. The first-order chi connectivity index (χ1) is 11.8. The molecule has 2 aromatic rings. The lowest BCUT2D eigenvalue weighted by Crippen LogP contribution is -2.17. The zero-order chi connectivity index (χ0) is 18.8. The summed E-state index contributed by atoms with van der Waals surface area (Å²) in [5, 5.41) is 9.32. The van der Waals surface area contributed by atoms with Gasteiger partial charge in [-0.05, 0) is 10.4 Å². The number of aromatic nitrogens is 4. The van der Waals surface area contributed by atoms with Gasteiger partial charge in [0.1, 0.15) is 11.3 Å². The van der Waals surface area contributed by atoms with Crippen LogP contribution in [0.5, 0.6) is 17.2 Å². The molecule has 12 heteroatoms. The summed E-state index contributed by atoms with van der Waals surface area (Å²) in [5.41, 5.74) is -0.552. The molecule has 0 unspecified atom stereocenters. The number of ether oxygens (including phenoxy) is 4. The first-order valence-electron chi connectivity index (χ1n) is 6.57. The van der Waals surface area contributed by atoms with E-state index in [1.54, 1.807) is 0 Å². The fraction of sp³-hybridized carbons (Fsp3) is 0.385. The second-order valence-corrected chi connectivity index (χ2v) is 4.44. The van der Waals surface area contributed by atoms with Crippen LogP contribution in [0.4, 0.5) is 13.2 Å². The first kappa shape index (κ1) is 18.3. The number of hydrogen-bond donors (Lipinski definition) is 0. The molecule has 0 bridgehead atoms. The number of alkyl halides is 3. The zero-order valence-corrected chi connectivity index (χ0v) is 13.5. The summed E-state index contributed by atoms with van der Waals surface area (Å²) in [6, 6.07) is 1.15. The minimum absolute atomic E-state index is 0.0395. The molecule has 0 radical (unpaired) electrons. The molecule has 0 amide bonds. The predicted octanol–water partition coefficient (Wildman–Crippen LogP) is 1.49. The van der Waals surface area contributed by atoms with Crippen LogP contribution in [0.1, 0.15) is 16.2 Å². The molecule has 1 aromatic carbocycles. The predicted molar refractivity (Wildman–Crippen MR) is 75.2 cm³/mol. The van der Waals surface area contributed by atoms with Gasteiger partial charge in [-0.2, -0.15) is 17.9 Å². The molecule has 0 N–H and O–H groups in total. The summed E-state index contributed by atoms with van der Waals surface area (Å²) in [4.78, 5) is 12.1. The molecule has 0 spiro atoms. The molecule has 0 aliphatic rings. The number of rotatable bonds is 5. The largest absolute Gasteiger partial charge is 0.493 e. The average molecular weight is 362 g/mol. The maximum atomic E-state index is 13.1. The molecule has 2 rings (SSSR count). The van der Waals surface area contributed by atoms with Gasteiger partial charge in [0.05, 0.1) is 28.4 Å². The van der Waals surface area contributed by atoms with E-state index in [2.05, 4.69) is 20.3 Å². The van der Waals surface area contributed by atoms with E-state index in [-0.39, 0.29) is 28.5 Å². The fourth-order valence-corrected chi connectivity index (χ4v) is 2.14. The van der Waals surface area contributed by atoms with Crippen molar-refractivity contribution in [2.45, 2.75) is 6.18 Å². The number of methoxy groups -OCH3 is 4. The van der Waals surface area contributed by atoms with Crippen molar-refractivity contribution < 1.29 is 36.9 Å². The molecule has 0 saturated carbocycles. The van der Waals surface area contributed by atoms with E-state index in [1.165, 1.54) is 14.2 Å². The van der Waals surface area contributed by atoms with Crippen molar-refractivity contribution in [2.75, 3.05) is 28.4 Å². The Morgan fingerprint density at radius 2 is 1.72 bits per heavy atom. The maximum absolute atomic E-state index is 13.1. The van der Waals surface area contributed by atoms with E-state index in [0.717, 1.165) is 20.3 Å². The Bertz CT molecular complexity index is 791. The van der Waals surface area contributed by atoms with Gasteiger partial charge in [-0.15, -0.1) is 5.10 Å². The lowest BCUT2D eigenvalue weighted by molar-refractivity contribution is -0.146. The van der Waals surface area contributed by atoms with E-state index < -0.39 is 18.0 Å². The molecule has 0 fully saturated rings. The molecule has 1 aromatic heterocycles. The van der Waals surface area contributed by atoms with E-state index in [4.69, 9.17) is 14.2 Å². The van der Waals surface area contributed by atoms with Gasteiger partial charge in [0.2, 0.25) is 0 Å². The number of benzene rings is 1. The Balaban J connectivity index is 2.88. The third kappa shape index (κ3) is 3.14. The van der Waals surface area contributed by atoms with Gasteiger partial charge in [0.15, 0.2) is 17.2 Å². The Kier molecular flexibility index (Phi) is 4.99. The Labute approximate surface area is 139 Å². The third-order valence-electron chi connectivity index (χ3n) is 3.15. The number of hydrogen-bond acceptors (Lipinski definition) is 8. The Hall–Kier alpha value is -3.05. The van der Waals surface area contributed by atoms with Gasteiger partial charge in [-0.3, -0.25) is 0 Å². The van der Waals surface area contributed by atoms with Crippen molar-refractivity contribution in [3.63, 3.8) is 0 Å². The monoisotopic (exact) mass is 362 g/mol. The summed E-state index contributed by atoms with van der Waals surface area (Å²) in [5.74, 6) is -2.70. The minimum atomic E-state index is -4.84. The van der Waals surface area contributed by atoms with Crippen LogP contribution in [0.2, 0.25) is 0 Å². The van der Waals surface area contributed by atoms with E-state index in [1.807, 2.05) is 0 Å². The topological polar surface area (TPSA) is 97.6 Å². The van der Waals surface area contributed by atoms with Crippen molar-refractivity contribution in [2.24, 2.45) is 0 Å². The van der Waals surface area contributed by atoms with Crippen LogP contribution in [0, 0.1) is 0 Å². The highest BCUT2D eigenvalue weighted by molar-refractivity contribution is 5.98. The van der Waals surface area contributed by atoms with Crippen LogP contribution < -0.4 is 14.2 Å². The number of tetrazole rings is 1. The van der Waals surface area contributed by atoms with Crippen LogP contribution in [0.25, 0.3) is 5.69 Å². The molecule has 1 heterocycles. The first-order valence-corrected chi connectivity index (χ1v) is 6.57. The number of halogens is 3. The van der Waals surface area contributed by atoms with Crippen molar-refractivity contribution in [1.29, 1.82) is 0 Å². The highest BCUT2D eigenvalue weighted by Crippen LogP contribution is 2.43. The van der Waals surface area contributed by atoms with Crippen LogP contribution in [0.3, 0.4) is 0 Å². The maximum Gasteiger partial charge on any atom is 0.453 e. The zero-order valence-electron chi connectivity index (χ0n) is 13.5. The Morgan fingerprint density at radius 3 is 2.20 bits per heavy atom. The summed E-state index contributed by atoms with van der Waals surface area (Å²) >= 11 is 0. The van der Waals surface area contributed by atoms with Gasteiger partial charge < -0.3 is 18.9 Å². The van der Waals surface area contributed by atoms with E-state index in [0.29, 0.717) is 4.68 Å². The quantitative estimate of drug-likeness (QED) is 0.738. The summed E-state index contributed by atoms with van der Waals surface area (Å²) in [7, 11) is 4.76. The van der Waals surface area contributed by atoms with Gasteiger partial charge in [-0.1, -0.05) is 0 Å². The minimum Gasteiger partial charge on any atom is -0.493 e.